The van der Waals surface area contributed by atoms with E-state index < -0.39 is 26.1 Å². The summed E-state index contributed by atoms with van der Waals surface area (Å²) in [5.41, 5.74) is 1.88. The van der Waals surface area contributed by atoms with Crippen LogP contribution in [0.4, 0.5) is 16.2 Å². The first-order valence-electron chi connectivity index (χ1n) is 14.3. The van der Waals surface area contributed by atoms with Crippen molar-refractivity contribution in [2.75, 3.05) is 55.4 Å². The largest absolute Gasteiger partial charge is 0.465 e. The van der Waals surface area contributed by atoms with E-state index >= 15 is 0 Å². The summed E-state index contributed by atoms with van der Waals surface area (Å²) in [6.07, 6.45) is 0.0881. The molecule has 0 atom stereocenters. The number of carbonyl (C=O) groups excluding carboxylic acids is 1. The molecule has 0 aromatic heterocycles. The van der Waals surface area contributed by atoms with Crippen molar-refractivity contribution in [1.82, 2.24) is 14.5 Å². The molecule has 3 aromatic carbocycles. The van der Waals surface area contributed by atoms with Crippen molar-refractivity contribution in [2.24, 2.45) is 5.92 Å². The molecule has 2 heterocycles. The summed E-state index contributed by atoms with van der Waals surface area (Å²) < 4.78 is 57.2. The molecule has 14 heteroatoms. The highest BCUT2D eigenvalue weighted by molar-refractivity contribution is 7.93. The van der Waals surface area contributed by atoms with Gasteiger partial charge in [0.05, 0.1) is 9.79 Å². The van der Waals surface area contributed by atoms with E-state index in [1.807, 2.05) is 23.1 Å². The average molecular weight is 642 g/mol. The number of benzene rings is 3. The molecule has 5 rings (SSSR count). The number of anilines is 2. The highest BCUT2D eigenvalue weighted by atomic mass is 32.2. The number of rotatable bonds is 9. The van der Waals surface area contributed by atoms with Crippen molar-refractivity contribution in [1.29, 1.82) is 0 Å². The molecule has 0 bridgehead atoms. The first kappa shape index (κ1) is 31.3. The van der Waals surface area contributed by atoms with Crippen LogP contribution >= 0.6 is 0 Å². The van der Waals surface area contributed by atoms with Gasteiger partial charge in [0.2, 0.25) is 10.0 Å². The Morgan fingerprint density at radius 2 is 1.34 bits per heavy atom. The van der Waals surface area contributed by atoms with E-state index in [1.54, 1.807) is 36.4 Å². The molecule has 2 fully saturated rings. The lowest BCUT2D eigenvalue weighted by atomic mass is 9.97. The number of piperidine rings is 1. The van der Waals surface area contributed by atoms with Gasteiger partial charge in [0.25, 0.3) is 15.9 Å². The normalized spacial score (nSPS) is 16.5. The highest BCUT2D eigenvalue weighted by Crippen LogP contribution is 2.24. The van der Waals surface area contributed by atoms with Gasteiger partial charge >= 0.3 is 6.09 Å². The second-order valence-electron chi connectivity index (χ2n) is 10.8. The molecular weight excluding hydrogens is 606 g/mol. The monoisotopic (exact) mass is 641 g/mol. The van der Waals surface area contributed by atoms with Gasteiger partial charge < -0.3 is 19.8 Å². The number of likely N-dealkylation sites (tertiary alicyclic amines) is 1. The zero-order chi connectivity index (χ0) is 31.3. The Balaban J connectivity index is 1.16. The zero-order valence-corrected chi connectivity index (χ0v) is 25.6. The molecule has 0 radical (unpaired) electrons. The van der Waals surface area contributed by atoms with Crippen molar-refractivity contribution >= 4 is 43.4 Å². The predicted octanol–water partition coefficient (Wildman–Crippen LogP) is 3.12. The number of nitrogens with one attached hydrogen (secondary N) is 2. The van der Waals surface area contributed by atoms with Gasteiger partial charge in [0.15, 0.2) is 0 Å². The lowest BCUT2D eigenvalue weighted by molar-refractivity contribution is 0.0746. The molecule has 3 aromatic rings. The third-order valence-corrected chi connectivity index (χ3v) is 10.7. The number of sulfonamides is 2. The predicted molar refractivity (Wildman–Crippen MR) is 166 cm³/mol. The summed E-state index contributed by atoms with van der Waals surface area (Å²) in [5.74, 6) is -0.0153. The summed E-state index contributed by atoms with van der Waals surface area (Å²) in [7, 11) is -8.08. The van der Waals surface area contributed by atoms with E-state index in [4.69, 9.17) is 5.11 Å². The van der Waals surface area contributed by atoms with Crippen molar-refractivity contribution in [2.45, 2.75) is 22.6 Å². The van der Waals surface area contributed by atoms with Crippen molar-refractivity contribution in [3.8, 4) is 0 Å². The minimum Gasteiger partial charge on any atom is -0.465 e. The summed E-state index contributed by atoms with van der Waals surface area (Å²) in [6.45, 7) is 3.24. The number of hydrogen-bond donors (Lipinski definition) is 3. The van der Waals surface area contributed by atoms with E-state index in [-0.39, 0.29) is 28.2 Å². The lowest BCUT2D eigenvalue weighted by Gasteiger charge is -2.36. The molecule has 2 saturated heterocycles. The van der Waals surface area contributed by atoms with Crippen LogP contribution in [0, 0.1) is 5.92 Å². The fourth-order valence-electron chi connectivity index (χ4n) is 5.33. The van der Waals surface area contributed by atoms with Gasteiger partial charge in [-0.2, -0.15) is 0 Å². The van der Waals surface area contributed by atoms with E-state index in [2.05, 4.69) is 14.3 Å². The van der Waals surface area contributed by atoms with Crippen LogP contribution < -0.4 is 14.3 Å². The molecule has 2 aliphatic heterocycles. The molecule has 0 unspecified atom stereocenters. The Morgan fingerprint density at radius 1 is 0.727 bits per heavy atom. The first-order chi connectivity index (χ1) is 21.0. The smallest absolute Gasteiger partial charge is 0.407 e. The van der Waals surface area contributed by atoms with Crippen LogP contribution in [0.2, 0.25) is 0 Å². The molecule has 3 N–H and O–H groups in total. The number of amides is 2. The molecule has 12 nitrogen and oxygen atoms in total. The number of carbonyl (C=O) groups is 2. The van der Waals surface area contributed by atoms with Crippen LogP contribution in [0.3, 0.4) is 0 Å². The molecular formula is C30H35N5O7S2. The fourth-order valence-corrected chi connectivity index (χ4v) is 7.67. The molecule has 0 saturated carbocycles. The van der Waals surface area contributed by atoms with Crippen LogP contribution in [0.5, 0.6) is 0 Å². The Hall–Kier alpha value is -4.14. The van der Waals surface area contributed by atoms with Crippen molar-refractivity contribution in [3.05, 3.63) is 84.4 Å². The van der Waals surface area contributed by atoms with Crippen LogP contribution in [0.1, 0.15) is 23.2 Å². The Morgan fingerprint density at radius 3 is 1.95 bits per heavy atom. The van der Waals surface area contributed by atoms with Gasteiger partial charge in [0.1, 0.15) is 0 Å². The summed E-state index contributed by atoms with van der Waals surface area (Å²) in [5, 5.41) is 9.08. The van der Waals surface area contributed by atoms with Gasteiger partial charge in [-0.05, 0) is 73.4 Å². The minimum absolute atomic E-state index is 0.000849. The average Bonchev–Trinajstić information content (AvgIpc) is 3.04. The Bertz CT molecular complexity index is 1680. The summed E-state index contributed by atoms with van der Waals surface area (Å²) >= 11 is 0. The maximum atomic E-state index is 13.1. The maximum absolute atomic E-state index is 13.1. The maximum Gasteiger partial charge on any atom is 0.407 e. The van der Waals surface area contributed by atoms with Crippen molar-refractivity contribution < 1.29 is 31.5 Å². The summed E-state index contributed by atoms with van der Waals surface area (Å²) in [4.78, 5) is 28.7. The second kappa shape index (κ2) is 13.2. The number of nitrogens with zero attached hydrogens (tertiary/aromatic N) is 3. The number of carboxylic acid groups (broad SMARTS) is 1. The second-order valence-corrected chi connectivity index (χ2v) is 14.3. The number of hydrogen-bond acceptors (Lipinski definition) is 7. The van der Waals surface area contributed by atoms with Gasteiger partial charge in [0, 0.05) is 62.8 Å². The van der Waals surface area contributed by atoms with E-state index in [0.29, 0.717) is 63.4 Å². The molecule has 0 spiro atoms. The van der Waals surface area contributed by atoms with Crippen LogP contribution in [0.15, 0.2) is 88.7 Å². The van der Waals surface area contributed by atoms with Gasteiger partial charge in [-0.3, -0.25) is 9.52 Å². The quantitative estimate of drug-likeness (QED) is 0.322. The van der Waals surface area contributed by atoms with Gasteiger partial charge in [-0.15, -0.1) is 0 Å². The van der Waals surface area contributed by atoms with Gasteiger partial charge in [-0.1, -0.05) is 24.3 Å². The SMILES string of the molecule is O=C(O)N1CCC(CNS(=O)(=O)c2cccc(S(=O)(=O)Nc3ccc(N4CCN(C(=O)c5ccccc5)CC4)cc3)c2)CC1. The third kappa shape index (κ3) is 7.49. The molecule has 2 amide bonds. The molecule has 0 aliphatic carbocycles. The number of piperazine rings is 1. The zero-order valence-electron chi connectivity index (χ0n) is 24.0. The minimum atomic E-state index is -4.09. The van der Waals surface area contributed by atoms with Crippen LogP contribution in [-0.4, -0.2) is 89.6 Å². The highest BCUT2D eigenvalue weighted by Gasteiger charge is 2.26. The third-order valence-electron chi connectivity index (χ3n) is 7.95. The van der Waals surface area contributed by atoms with Gasteiger partial charge in [-0.25, -0.2) is 26.4 Å². The van der Waals surface area contributed by atoms with Crippen LogP contribution in [-0.2, 0) is 20.0 Å². The summed E-state index contributed by atoms with van der Waals surface area (Å²) in [6, 6.07) is 21.2. The van der Waals surface area contributed by atoms with E-state index in [0.717, 1.165) is 11.8 Å². The van der Waals surface area contributed by atoms with Crippen molar-refractivity contribution in [3.63, 3.8) is 0 Å². The fraction of sp³-hybridized carbons (Fsp3) is 0.333. The Labute approximate surface area is 257 Å². The lowest BCUT2D eigenvalue weighted by Crippen LogP contribution is -2.48. The molecule has 2 aliphatic rings. The topological polar surface area (TPSA) is 156 Å². The molecule has 44 heavy (non-hydrogen) atoms. The standard InChI is InChI=1S/C30H35N5O7S2/c36-29(24-5-2-1-3-6-24)34-19-17-33(18-20-34)26-11-9-25(10-12-26)32-44(41,42)28-8-4-7-27(21-28)43(39,40)31-22-23-13-15-35(16-14-23)30(37)38/h1-12,21,23,31-32H,13-20,22H2,(H,37,38). The van der Waals surface area contributed by atoms with Crippen LogP contribution in [0.25, 0.3) is 0 Å². The first-order valence-corrected chi connectivity index (χ1v) is 17.3. The van der Waals surface area contributed by atoms with E-state index in [9.17, 15) is 26.4 Å². The van der Waals surface area contributed by atoms with E-state index in [1.165, 1.54) is 23.1 Å². The Kier molecular flexibility index (Phi) is 9.42. The molecule has 234 valence electrons.